The van der Waals surface area contributed by atoms with E-state index in [0.717, 1.165) is 0 Å². The second-order valence-corrected chi connectivity index (χ2v) is 13.2. The molecule has 0 radical (unpaired) electrons. The summed E-state index contributed by atoms with van der Waals surface area (Å²) in [5.41, 5.74) is 1.10. The summed E-state index contributed by atoms with van der Waals surface area (Å²) >= 11 is 12.2. The number of nitrogens with zero attached hydrogens (tertiary/aromatic N) is 8. The summed E-state index contributed by atoms with van der Waals surface area (Å²) in [4.78, 5) is 21.3. The highest BCUT2D eigenvalue weighted by molar-refractivity contribution is 7.86. The number of allylic oxidation sites excluding steroid dienone is 2. The fraction of sp³-hybridized carbons (Fsp3) is 0.435. The SMILES string of the molecule is CN1C(=CC=Cc2n(CCCCS(=O)(=O)O)c3nc(Cl)cnc3[n+]2C)N(CCCCS(=O)(=O)O)c2nc(Cl)cnc21. The minimum atomic E-state index is -4.06. The number of halogens is 2. The van der Waals surface area contributed by atoms with Gasteiger partial charge in [-0.25, -0.2) is 19.1 Å². The van der Waals surface area contributed by atoms with Gasteiger partial charge >= 0.3 is 5.65 Å². The van der Waals surface area contributed by atoms with Crippen LogP contribution in [0, 0.1) is 0 Å². The van der Waals surface area contributed by atoms with E-state index in [1.807, 2.05) is 51.3 Å². The zero-order valence-corrected chi connectivity index (χ0v) is 25.4. The second kappa shape index (κ2) is 12.5. The predicted molar refractivity (Wildman–Crippen MR) is 155 cm³/mol. The van der Waals surface area contributed by atoms with E-state index in [4.69, 9.17) is 32.3 Å². The molecule has 0 unspecified atom stereocenters. The first kappa shape index (κ1) is 31.1. The number of hydrogen-bond donors (Lipinski definition) is 2. The molecule has 14 nitrogen and oxygen atoms in total. The summed E-state index contributed by atoms with van der Waals surface area (Å²) in [6.07, 6.45) is 9.79. The zero-order chi connectivity index (χ0) is 29.9. The maximum absolute atomic E-state index is 11.1. The van der Waals surface area contributed by atoms with Crippen LogP contribution in [0.4, 0.5) is 11.6 Å². The van der Waals surface area contributed by atoms with E-state index >= 15 is 0 Å². The van der Waals surface area contributed by atoms with Gasteiger partial charge in [0.05, 0.1) is 31.3 Å². The minimum Gasteiger partial charge on any atom is -0.312 e. The fourth-order valence-corrected chi connectivity index (χ4v) is 5.90. The van der Waals surface area contributed by atoms with Crippen molar-refractivity contribution in [1.29, 1.82) is 0 Å². The molecule has 0 aromatic carbocycles. The first-order chi connectivity index (χ1) is 19.2. The molecule has 0 atom stereocenters. The first-order valence-electron chi connectivity index (χ1n) is 12.5. The molecule has 222 valence electrons. The lowest BCUT2D eigenvalue weighted by Crippen LogP contribution is -2.31. The van der Waals surface area contributed by atoms with Gasteiger partial charge in [0.2, 0.25) is 5.82 Å². The van der Waals surface area contributed by atoms with Crippen molar-refractivity contribution in [3.05, 3.63) is 46.5 Å². The highest BCUT2D eigenvalue weighted by atomic mass is 35.5. The summed E-state index contributed by atoms with van der Waals surface area (Å²) < 4.78 is 66.4. The summed E-state index contributed by atoms with van der Waals surface area (Å²) in [5, 5.41) is 0.419. The standard InChI is InChI=1S/C23H28Cl2N8O6S2/c1-30-18(32(10-3-5-12-40(34,35)36)22-20(30)26-14-16(24)28-22)8-7-9-19-31(2)21-23(29-17(25)15-27-21)33(19)11-4-6-13-41(37,38)39/h7-9,14-15H,3-6,10-13H2,1-2H3,(H-,34,35,36,37,38,39)/p+1. The van der Waals surface area contributed by atoms with Crippen LogP contribution in [-0.4, -0.2) is 75.5 Å². The van der Waals surface area contributed by atoms with Crippen LogP contribution in [0.15, 0.2) is 30.4 Å². The van der Waals surface area contributed by atoms with Crippen molar-refractivity contribution in [2.75, 3.05) is 34.9 Å². The molecule has 0 bridgehead atoms. The lowest BCUT2D eigenvalue weighted by atomic mass is 10.3. The average molecular weight is 649 g/mol. The Kier molecular flexibility index (Phi) is 9.50. The number of rotatable bonds is 12. The lowest BCUT2D eigenvalue weighted by Gasteiger charge is -2.21. The molecule has 2 N–H and O–H groups in total. The van der Waals surface area contributed by atoms with Gasteiger partial charge in [0.25, 0.3) is 25.9 Å². The van der Waals surface area contributed by atoms with Gasteiger partial charge in [0.15, 0.2) is 16.8 Å². The number of hydrogen-bond acceptors (Lipinski definition) is 10. The topological polar surface area (TPSA) is 176 Å². The van der Waals surface area contributed by atoms with Gasteiger partial charge in [0, 0.05) is 19.7 Å². The normalized spacial score (nSPS) is 15.1. The van der Waals surface area contributed by atoms with Gasteiger partial charge in [-0.2, -0.15) is 21.8 Å². The molecule has 3 aromatic heterocycles. The monoisotopic (exact) mass is 647 g/mol. The van der Waals surface area contributed by atoms with Crippen LogP contribution in [0.25, 0.3) is 17.4 Å². The van der Waals surface area contributed by atoms with Gasteiger partial charge < -0.3 is 9.80 Å². The average Bonchev–Trinajstić information content (AvgIpc) is 3.28. The highest BCUT2D eigenvalue weighted by Crippen LogP contribution is 2.38. The van der Waals surface area contributed by atoms with E-state index in [1.54, 1.807) is 0 Å². The van der Waals surface area contributed by atoms with E-state index in [9.17, 15) is 16.8 Å². The van der Waals surface area contributed by atoms with Crippen molar-refractivity contribution in [3.8, 4) is 0 Å². The molecule has 18 heteroatoms. The van der Waals surface area contributed by atoms with Crippen molar-refractivity contribution in [1.82, 2.24) is 24.5 Å². The summed E-state index contributed by atoms with van der Waals surface area (Å²) in [6, 6.07) is 0. The zero-order valence-electron chi connectivity index (χ0n) is 22.2. The van der Waals surface area contributed by atoms with Crippen LogP contribution in [0.1, 0.15) is 31.5 Å². The third-order valence-electron chi connectivity index (χ3n) is 6.36. The van der Waals surface area contributed by atoms with Crippen LogP contribution in [0.3, 0.4) is 0 Å². The molecular formula is C23H29Cl2N8O6S2+. The van der Waals surface area contributed by atoms with Crippen molar-refractivity contribution in [3.63, 3.8) is 0 Å². The molecule has 1 aliphatic rings. The van der Waals surface area contributed by atoms with Crippen molar-refractivity contribution >= 4 is 72.4 Å². The molecule has 4 heterocycles. The number of fused-ring (bicyclic) bond motifs is 2. The van der Waals surface area contributed by atoms with E-state index in [0.29, 0.717) is 60.5 Å². The van der Waals surface area contributed by atoms with Crippen LogP contribution in [0.2, 0.25) is 10.3 Å². The first-order valence-corrected chi connectivity index (χ1v) is 16.5. The van der Waals surface area contributed by atoms with Crippen molar-refractivity contribution < 1.29 is 30.5 Å². The van der Waals surface area contributed by atoms with Crippen LogP contribution in [0.5, 0.6) is 0 Å². The Balaban J connectivity index is 1.64. The minimum absolute atomic E-state index is 0.209. The van der Waals surface area contributed by atoms with Crippen molar-refractivity contribution in [2.45, 2.75) is 32.2 Å². The number of aromatic nitrogens is 6. The Labute approximate surface area is 247 Å². The molecule has 0 fully saturated rings. The molecule has 0 aliphatic carbocycles. The smallest absolute Gasteiger partial charge is 0.312 e. The van der Waals surface area contributed by atoms with Gasteiger partial charge in [-0.3, -0.25) is 9.11 Å². The van der Waals surface area contributed by atoms with Gasteiger partial charge in [0.1, 0.15) is 17.2 Å². The third kappa shape index (κ3) is 7.69. The molecule has 3 aromatic rings. The Hall–Kier alpha value is -2.89. The molecule has 4 rings (SSSR count). The molecule has 0 spiro atoms. The molecule has 0 saturated heterocycles. The van der Waals surface area contributed by atoms with E-state index in [1.165, 1.54) is 12.4 Å². The Morgan fingerprint density at radius 2 is 1.51 bits per heavy atom. The largest absolute Gasteiger partial charge is 0.322 e. The van der Waals surface area contributed by atoms with E-state index in [2.05, 4.69) is 19.9 Å². The van der Waals surface area contributed by atoms with Crippen LogP contribution in [-0.2, 0) is 33.8 Å². The summed E-state index contributed by atoms with van der Waals surface area (Å²) in [7, 11) is -4.49. The molecule has 41 heavy (non-hydrogen) atoms. The number of aryl methyl sites for hydroxylation is 2. The van der Waals surface area contributed by atoms with Gasteiger partial charge in [-0.05, 0) is 31.8 Å². The van der Waals surface area contributed by atoms with Crippen molar-refractivity contribution in [2.24, 2.45) is 7.05 Å². The fourth-order valence-electron chi connectivity index (χ4n) is 4.51. The highest BCUT2D eigenvalue weighted by Gasteiger charge is 2.31. The molecule has 0 amide bonds. The summed E-state index contributed by atoms with van der Waals surface area (Å²) in [6.45, 7) is 0.797. The quantitative estimate of drug-likeness (QED) is 0.167. The van der Waals surface area contributed by atoms with Gasteiger partial charge in [-0.1, -0.05) is 29.3 Å². The van der Waals surface area contributed by atoms with Gasteiger partial charge in [-0.15, -0.1) is 4.98 Å². The van der Waals surface area contributed by atoms with Crippen LogP contribution < -0.4 is 14.4 Å². The van der Waals surface area contributed by atoms with E-state index < -0.39 is 20.2 Å². The van der Waals surface area contributed by atoms with Crippen LogP contribution >= 0.6 is 23.2 Å². The third-order valence-corrected chi connectivity index (χ3v) is 8.33. The number of imidazole rings is 1. The second-order valence-electron chi connectivity index (χ2n) is 9.33. The Morgan fingerprint density at radius 3 is 2.17 bits per heavy atom. The maximum atomic E-state index is 11.1. The molecular weight excluding hydrogens is 619 g/mol. The molecule has 0 saturated carbocycles. The van der Waals surface area contributed by atoms with E-state index in [-0.39, 0.29) is 34.7 Å². The predicted octanol–water partition coefficient (Wildman–Crippen LogP) is 2.50. The Bertz CT molecular complexity index is 1730. The lowest BCUT2D eigenvalue weighted by molar-refractivity contribution is -0.649. The maximum Gasteiger partial charge on any atom is 0.322 e. The number of unbranched alkanes of at least 4 members (excludes halogenated alkanes) is 2. The number of anilines is 2. The molecule has 1 aliphatic heterocycles. The summed E-state index contributed by atoms with van der Waals surface area (Å²) in [5.74, 6) is 1.83. The Morgan fingerprint density at radius 1 is 0.902 bits per heavy atom.